The summed E-state index contributed by atoms with van der Waals surface area (Å²) < 4.78 is 1.72. The SMILES string of the molecule is OB(O)c1cccc2nn(CC(O)C3CCCCC3)cc12. The Kier molecular flexibility index (Phi) is 4.28. The number of benzene rings is 1. The van der Waals surface area contributed by atoms with Gasteiger partial charge < -0.3 is 15.2 Å². The van der Waals surface area contributed by atoms with Crippen LogP contribution in [0.3, 0.4) is 0 Å². The Labute approximate surface area is 124 Å². The van der Waals surface area contributed by atoms with E-state index in [1.165, 1.54) is 19.3 Å². The Morgan fingerprint density at radius 3 is 2.71 bits per heavy atom. The lowest BCUT2D eigenvalue weighted by Gasteiger charge is -2.26. The van der Waals surface area contributed by atoms with Crippen molar-refractivity contribution in [2.75, 3.05) is 0 Å². The third kappa shape index (κ3) is 3.12. The molecule has 0 bridgehead atoms. The van der Waals surface area contributed by atoms with Gasteiger partial charge in [0, 0.05) is 11.6 Å². The molecule has 1 fully saturated rings. The molecule has 0 amide bonds. The molecule has 5 nitrogen and oxygen atoms in total. The van der Waals surface area contributed by atoms with Crippen LogP contribution in [0.5, 0.6) is 0 Å². The molecule has 0 saturated heterocycles. The van der Waals surface area contributed by atoms with Crippen molar-refractivity contribution in [3.05, 3.63) is 24.4 Å². The maximum Gasteiger partial charge on any atom is 0.489 e. The third-order valence-corrected chi connectivity index (χ3v) is 4.48. The topological polar surface area (TPSA) is 78.5 Å². The molecule has 1 heterocycles. The van der Waals surface area contributed by atoms with Crippen LogP contribution < -0.4 is 5.46 Å². The highest BCUT2D eigenvalue weighted by atomic mass is 16.4. The molecule has 0 aliphatic heterocycles. The number of fused-ring (bicyclic) bond motifs is 1. The first-order valence-corrected chi connectivity index (χ1v) is 7.65. The van der Waals surface area contributed by atoms with Crippen LogP contribution in [0, 0.1) is 5.92 Å². The molecule has 0 radical (unpaired) electrons. The van der Waals surface area contributed by atoms with E-state index in [1.807, 2.05) is 6.07 Å². The second-order valence-electron chi connectivity index (χ2n) is 5.97. The summed E-state index contributed by atoms with van der Waals surface area (Å²) in [5, 5.41) is 34.3. The van der Waals surface area contributed by atoms with Gasteiger partial charge in [-0.25, -0.2) is 0 Å². The molecule has 3 rings (SSSR count). The summed E-state index contributed by atoms with van der Waals surface area (Å²) in [5.41, 5.74) is 1.17. The van der Waals surface area contributed by atoms with E-state index in [0.717, 1.165) is 23.7 Å². The van der Waals surface area contributed by atoms with Gasteiger partial charge in [-0.05, 0) is 30.3 Å². The van der Waals surface area contributed by atoms with E-state index < -0.39 is 7.12 Å². The predicted octanol–water partition coefficient (Wildman–Crippen LogP) is 0.657. The quantitative estimate of drug-likeness (QED) is 0.722. The van der Waals surface area contributed by atoms with E-state index in [2.05, 4.69) is 5.10 Å². The zero-order chi connectivity index (χ0) is 14.8. The Bertz CT molecular complexity index is 608. The lowest BCUT2D eigenvalue weighted by atomic mass is 9.78. The van der Waals surface area contributed by atoms with Crippen LogP contribution in [-0.4, -0.2) is 38.2 Å². The van der Waals surface area contributed by atoms with Gasteiger partial charge in [-0.2, -0.15) is 5.10 Å². The van der Waals surface area contributed by atoms with Crippen molar-refractivity contribution in [3.63, 3.8) is 0 Å². The summed E-state index contributed by atoms with van der Waals surface area (Å²) in [6.07, 6.45) is 7.24. The molecule has 112 valence electrons. The third-order valence-electron chi connectivity index (χ3n) is 4.48. The smallest absolute Gasteiger partial charge is 0.423 e. The molecule has 3 N–H and O–H groups in total. The van der Waals surface area contributed by atoms with Crippen molar-refractivity contribution >= 4 is 23.5 Å². The first-order chi connectivity index (χ1) is 10.1. The molecule has 21 heavy (non-hydrogen) atoms. The first kappa shape index (κ1) is 14.6. The lowest BCUT2D eigenvalue weighted by Crippen LogP contribution is -2.30. The van der Waals surface area contributed by atoms with Gasteiger partial charge in [-0.1, -0.05) is 31.4 Å². The van der Waals surface area contributed by atoms with E-state index in [-0.39, 0.29) is 6.10 Å². The summed E-state index contributed by atoms with van der Waals surface area (Å²) in [5.74, 6) is 0.356. The first-order valence-electron chi connectivity index (χ1n) is 7.65. The zero-order valence-corrected chi connectivity index (χ0v) is 12.0. The average molecular weight is 288 g/mol. The van der Waals surface area contributed by atoms with Crippen molar-refractivity contribution in [1.82, 2.24) is 9.78 Å². The molecule has 1 unspecified atom stereocenters. The molecular weight excluding hydrogens is 267 g/mol. The number of nitrogens with zero attached hydrogens (tertiary/aromatic N) is 2. The van der Waals surface area contributed by atoms with Crippen molar-refractivity contribution in [1.29, 1.82) is 0 Å². The van der Waals surface area contributed by atoms with Crippen molar-refractivity contribution in [2.45, 2.75) is 44.8 Å². The van der Waals surface area contributed by atoms with Gasteiger partial charge in [0.25, 0.3) is 0 Å². The van der Waals surface area contributed by atoms with Crippen LogP contribution in [0.15, 0.2) is 24.4 Å². The predicted molar refractivity (Wildman–Crippen MR) is 82.1 cm³/mol. The fraction of sp³-hybridized carbons (Fsp3) is 0.533. The van der Waals surface area contributed by atoms with Crippen LogP contribution >= 0.6 is 0 Å². The maximum absolute atomic E-state index is 10.4. The molecule has 6 heteroatoms. The summed E-state index contributed by atoms with van der Waals surface area (Å²) in [6.45, 7) is 0.459. The number of hydrogen-bond acceptors (Lipinski definition) is 4. The lowest BCUT2D eigenvalue weighted by molar-refractivity contribution is 0.0667. The van der Waals surface area contributed by atoms with Crippen molar-refractivity contribution in [2.24, 2.45) is 5.92 Å². The summed E-state index contributed by atoms with van der Waals surface area (Å²) in [7, 11) is -1.50. The molecule has 0 spiro atoms. The largest absolute Gasteiger partial charge is 0.489 e. The van der Waals surface area contributed by atoms with Crippen molar-refractivity contribution < 1.29 is 15.2 Å². The van der Waals surface area contributed by atoms with Gasteiger partial charge in [0.05, 0.1) is 18.2 Å². The number of rotatable bonds is 4. The molecule has 1 aliphatic rings. The molecule has 1 aromatic heterocycles. The van der Waals surface area contributed by atoms with Gasteiger partial charge in [0.2, 0.25) is 0 Å². The highest BCUT2D eigenvalue weighted by Crippen LogP contribution is 2.27. The van der Waals surface area contributed by atoms with E-state index in [1.54, 1.807) is 23.0 Å². The molecule has 1 saturated carbocycles. The molecule has 1 atom stereocenters. The summed E-state index contributed by atoms with van der Waals surface area (Å²) in [4.78, 5) is 0. The van der Waals surface area contributed by atoms with Crippen LogP contribution in [0.1, 0.15) is 32.1 Å². The van der Waals surface area contributed by atoms with E-state index in [9.17, 15) is 15.2 Å². The average Bonchev–Trinajstić information content (AvgIpc) is 2.89. The Balaban J connectivity index is 1.79. The Hall–Kier alpha value is -1.37. The summed E-state index contributed by atoms with van der Waals surface area (Å²) >= 11 is 0. The van der Waals surface area contributed by atoms with Gasteiger partial charge in [-0.15, -0.1) is 0 Å². The maximum atomic E-state index is 10.4. The highest BCUT2D eigenvalue weighted by molar-refractivity contribution is 6.61. The fourth-order valence-electron chi connectivity index (χ4n) is 3.29. The van der Waals surface area contributed by atoms with E-state index in [4.69, 9.17) is 0 Å². The van der Waals surface area contributed by atoms with Crippen LogP contribution in [0.4, 0.5) is 0 Å². The van der Waals surface area contributed by atoms with Crippen LogP contribution in [-0.2, 0) is 6.54 Å². The zero-order valence-electron chi connectivity index (χ0n) is 12.0. The van der Waals surface area contributed by atoms with Gasteiger partial charge in [0.15, 0.2) is 0 Å². The second-order valence-corrected chi connectivity index (χ2v) is 5.97. The van der Waals surface area contributed by atoms with Crippen molar-refractivity contribution in [3.8, 4) is 0 Å². The summed E-state index contributed by atoms with van der Waals surface area (Å²) in [6, 6.07) is 5.27. The fourth-order valence-corrected chi connectivity index (χ4v) is 3.29. The highest BCUT2D eigenvalue weighted by Gasteiger charge is 2.23. The monoisotopic (exact) mass is 288 g/mol. The molecular formula is C15H21BN2O3. The minimum Gasteiger partial charge on any atom is -0.423 e. The number of hydrogen-bond donors (Lipinski definition) is 3. The molecule has 1 aliphatic carbocycles. The Morgan fingerprint density at radius 2 is 2.00 bits per heavy atom. The second kappa shape index (κ2) is 6.18. The van der Waals surface area contributed by atoms with Crippen LogP contribution in [0.25, 0.3) is 10.9 Å². The van der Waals surface area contributed by atoms with Gasteiger partial charge in [0.1, 0.15) is 0 Å². The van der Waals surface area contributed by atoms with E-state index in [0.29, 0.717) is 17.9 Å². The molecule has 1 aromatic carbocycles. The van der Waals surface area contributed by atoms with Gasteiger partial charge >= 0.3 is 7.12 Å². The minimum absolute atomic E-state index is 0.356. The standard InChI is InChI=1S/C15H21BN2O3/c19-15(11-5-2-1-3-6-11)10-18-9-12-13(16(20)21)7-4-8-14(12)17-18/h4,7-9,11,15,19-21H,1-3,5-6,10H2. The number of aromatic nitrogens is 2. The number of aliphatic hydroxyl groups excluding tert-OH is 1. The van der Waals surface area contributed by atoms with Crippen LogP contribution in [0.2, 0.25) is 0 Å². The number of aliphatic hydroxyl groups is 1. The Morgan fingerprint density at radius 1 is 1.24 bits per heavy atom. The van der Waals surface area contributed by atoms with Gasteiger partial charge in [-0.3, -0.25) is 4.68 Å². The minimum atomic E-state index is -1.50. The normalized spacial score (nSPS) is 18.0. The van der Waals surface area contributed by atoms with E-state index >= 15 is 0 Å². The molecule has 2 aromatic rings.